The standard InChI is InChI=1S/C8H15NO/c1-3-7-4-5-9(2)8(7)6-10/h6-8H,3-5H2,1-2H3. The summed E-state index contributed by atoms with van der Waals surface area (Å²) in [7, 11) is 2.02. The highest BCUT2D eigenvalue weighted by atomic mass is 16.1. The topological polar surface area (TPSA) is 20.3 Å². The van der Waals surface area contributed by atoms with Gasteiger partial charge < -0.3 is 4.79 Å². The number of rotatable bonds is 2. The van der Waals surface area contributed by atoms with Crippen molar-refractivity contribution in [2.45, 2.75) is 25.8 Å². The molecule has 10 heavy (non-hydrogen) atoms. The molecule has 1 saturated heterocycles. The predicted molar refractivity (Wildman–Crippen MR) is 40.9 cm³/mol. The summed E-state index contributed by atoms with van der Waals surface area (Å²) < 4.78 is 0. The Morgan fingerprint density at radius 2 is 2.40 bits per heavy atom. The molecular weight excluding hydrogens is 126 g/mol. The minimum atomic E-state index is 0.199. The summed E-state index contributed by atoms with van der Waals surface area (Å²) >= 11 is 0. The summed E-state index contributed by atoms with van der Waals surface area (Å²) in [6.45, 7) is 3.24. The number of hydrogen-bond acceptors (Lipinski definition) is 2. The van der Waals surface area contributed by atoms with Crippen LogP contribution in [-0.4, -0.2) is 30.8 Å². The summed E-state index contributed by atoms with van der Waals surface area (Å²) in [6.07, 6.45) is 3.41. The van der Waals surface area contributed by atoms with E-state index in [4.69, 9.17) is 0 Å². The smallest absolute Gasteiger partial charge is 0.137 e. The Morgan fingerprint density at radius 1 is 1.70 bits per heavy atom. The first kappa shape index (κ1) is 7.73. The average Bonchev–Trinajstić information content (AvgIpc) is 2.30. The molecule has 2 nitrogen and oxygen atoms in total. The first-order chi connectivity index (χ1) is 4.79. The molecule has 0 aliphatic carbocycles. The number of hydrogen-bond donors (Lipinski definition) is 0. The predicted octanol–water partition coefficient (Wildman–Crippen LogP) is 0.916. The van der Waals surface area contributed by atoms with Crippen molar-refractivity contribution in [1.29, 1.82) is 0 Å². The van der Waals surface area contributed by atoms with Crippen LogP contribution < -0.4 is 0 Å². The minimum absolute atomic E-state index is 0.199. The highest BCUT2D eigenvalue weighted by molar-refractivity contribution is 5.58. The highest BCUT2D eigenvalue weighted by Crippen LogP contribution is 2.23. The normalized spacial score (nSPS) is 34.6. The van der Waals surface area contributed by atoms with Gasteiger partial charge in [-0.2, -0.15) is 0 Å². The average molecular weight is 141 g/mol. The lowest BCUT2D eigenvalue weighted by Crippen LogP contribution is -2.30. The fourth-order valence-corrected chi connectivity index (χ4v) is 1.71. The molecule has 2 atom stereocenters. The number of likely N-dealkylation sites (N-methyl/N-ethyl adjacent to an activating group) is 1. The molecule has 0 saturated carbocycles. The zero-order chi connectivity index (χ0) is 7.56. The van der Waals surface area contributed by atoms with Crippen LogP contribution >= 0.6 is 0 Å². The van der Waals surface area contributed by atoms with Crippen LogP contribution in [0.5, 0.6) is 0 Å². The largest absolute Gasteiger partial charge is 0.302 e. The van der Waals surface area contributed by atoms with Crippen molar-refractivity contribution in [3.8, 4) is 0 Å². The van der Waals surface area contributed by atoms with Gasteiger partial charge in [0, 0.05) is 0 Å². The summed E-state index contributed by atoms with van der Waals surface area (Å²) in [6, 6.07) is 0.199. The molecule has 1 aliphatic rings. The van der Waals surface area contributed by atoms with Gasteiger partial charge >= 0.3 is 0 Å². The van der Waals surface area contributed by atoms with E-state index >= 15 is 0 Å². The van der Waals surface area contributed by atoms with E-state index in [0.29, 0.717) is 5.92 Å². The molecule has 1 aliphatic heterocycles. The van der Waals surface area contributed by atoms with Crippen molar-refractivity contribution >= 4 is 6.29 Å². The van der Waals surface area contributed by atoms with Crippen LogP contribution in [0.3, 0.4) is 0 Å². The van der Waals surface area contributed by atoms with Gasteiger partial charge in [0.25, 0.3) is 0 Å². The third-order valence-corrected chi connectivity index (χ3v) is 2.51. The fourth-order valence-electron chi connectivity index (χ4n) is 1.71. The van der Waals surface area contributed by atoms with E-state index in [2.05, 4.69) is 11.8 Å². The van der Waals surface area contributed by atoms with Crippen LogP contribution in [0.25, 0.3) is 0 Å². The Kier molecular flexibility index (Phi) is 2.44. The van der Waals surface area contributed by atoms with Crippen molar-refractivity contribution < 1.29 is 4.79 Å². The Bertz CT molecular complexity index is 124. The van der Waals surface area contributed by atoms with Crippen LogP contribution in [0.4, 0.5) is 0 Å². The molecule has 0 N–H and O–H groups in total. The SMILES string of the molecule is CCC1CCN(C)C1C=O. The molecule has 0 amide bonds. The number of carbonyl (C=O) groups is 1. The molecule has 0 bridgehead atoms. The van der Waals surface area contributed by atoms with Gasteiger partial charge in [-0.3, -0.25) is 4.90 Å². The van der Waals surface area contributed by atoms with Crippen molar-refractivity contribution in [3.05, 3.63) is 0 Å². The van der Waals surface area contributed by atoms with Crippen molar-refractivity contribution in [3.63, 3.8) is 0 Å². The summed E-state index contributed by atoms with van der Waals surface area (Å²) in [5.74, 6) is 0.613. The van der Waals surface area contributed by atoms with Gasteiger partial charge in [-0.1, -0.05) is 13.3 Å². The van der Waals surface area contributed by atoms with Gasteiger partial charge in [-0.15, -0.1) is 0 Å². The van der Waals surface area contributed by atoms with Crippen molar-refractivity contribution in [1.82, 2.24) is 4.90 Å². The van der Waals surface area contributed by atoms with E-state index in [1.165, 1.54) is 6.42 Å². The second-order valence-electron chi connectivity index (χ2n) is 3.06. The lowest BCUT2D eigenvalue weighted by atomic mass is 9.99. The third-order valence-electron chi connectivity index (χ3n) is 2.51. The van der Waals surface area contributed by atoms with Gasteiger partial charge in [0.1, 0.15) is 6.29 Å². The third kappa shape index (κ3) is 1.21. The summed E-state index contributed by atoms with van der Waals surface area (Å²) in [5.41, 5.74) is 0. The Balaban J connectivity index is 2.53. The molecule has 1 fully saturated rings. The Hall–Kier alpha value is -0.370. The van der Waals surface area contributed by atoms with E-state index in [1.807, 2.05) is 7.05 Å². The molecule has 1 heterocycles. The van der Waals surface area contributed by atoms with E-state index < -0.39 is 0 Å². The molecular formula is C8H15NO. The second kappa shape index (κ2) is 3.15. The number of likely N-dealkylation sites (tertiary alicyclic amines) is 1. The summed E-state index contributed by atoms with van der Waals surface area (Å²) in [5, 5.41) is 0. The van der Waals surface area contributed by atoms with Crippen molar-refractivity contribution in [2.75, 3.05) is 13.6 Å². The molecule has 0 aromatic rings. The Labute approximate surface area is 62.2 Å². The van der Waals surface area contributed by atoms with E-state index in [-0.39, 0.29) is 6.04 Å². The van der Waals surface area contributed by atoms with E-state index in [0.717, 1.165) is 19.3 Å². The lowest BCUT2D eigenvalue weighted by molar-refractivity contribution is -0.112. The van der Waals surface area contributed by atoms with E-state index in [9.17, 15) is 4.79 Å². The molecule has 0 aromatic heterocycles. The molecule has 1 rings (SSSR count). The zero-order valence-electron chi connectivity index (χ0n) is 6.71. The van der Waals surface area contributed by atoms with Crippen LogP contribution in [0, 0.1) is 5.92 Å². The number of nitrogens with zero attached hydrogens (tertiary/aromatic N) is 1. The van der Waals surface area contributed by atoms with Crippen LogP contribution in [-0.2, 0) is 4.79 Å². The molecule has 58 valence electrons. The van der Waals surface area contributed by atoms with Crippen LogP contribution in [0.1, 0.15) is 19.8 Å². The maximum Gasteiger partial charge on any atom is 0.137 e. The van der Waals surface area contributed by atoms with Gasteiger partial charge in [-0.25, -0.2) is 0 Å². The van der Waals surface area contributed by atoms with Crippen LogP contribution in [0.2, 0.25) is 0 Å². The summed E-state index contributed by atoms with van der Waals surface area (Å²) in [4.78, 5) is 12.7. The maximum absolute atomic E-state index is 10.5. The quantitative estimate of drug-likeness (QED) is 0.533. The fraction of sp³-hybridized carbons (Fsp3) is 0.875. The van der Waals surface area contributed by atoms with Crippen LogP contribution in [0.15, 0.2) is 0 Å². The molecule has 0 aromatic carbocycles. The van der Waals surface area contributed by atoms with Gasteiger partial charge in [-0.05, 0) is 25.9 Å². The second-order valence-corrected chi connectivity index (χ2v) is 3.06. The van der Waals surface area contributed by atoms with Gasteiger partial charge in [0.05, 0.1) is 6.04 Å². The molecule has 2 heteroatoms. The maximum atomic E-state index is 10.5. The number of carbonyl (C=O) groups excluding carboxylic acids is 1. The van der Waals surface area contributed by atoms with Crippen molar-refractivity contribution in [2.24, 2.45) is 5.92 Å². The monoisotopic (exact) mass is 141 g/mol. The highest BCUT2D eigenvalue weighted by Gasteiger charge is 2.29. The van der Waals surface area contributed by atoms with Gasteiger partial charge in [0.2, 0.25) is 0 Å². The minimum Gasteiger partial charge on any atom is -0.302 e. The Morgan fingerprint density at radius 3 is 2.80 bits per heavy atom. The first-order valence-corrected chi connectivity index (χ1v) is 3.95. The zero-order valence-corrected chi connectivity index (χ0v) is 6.71. The first-order valence-electron chi connectivity index (χ1n) is 3.95. The van der Waals surface area contributed by atoms with E-state index in [1.54, 1.807) is 0 Å². The molecule has 0 radical (unpaired) electrons. The molecule has 2 unspecified atom stereocenters. The molecule has 0 spiro atoms. The number of aldehydes is 1. The van der Waals surface area contributed by atoms with Gasteiger partial charge in [0.15, 0.2) is 0 Å². The lowest BCUT2D eigenvalue weighted by Gasteiger charge is -2.17.